The number of cyclic esters (lactones) is 1. The third kappa shape index (κ3) is 3.33. The first-order chi connectivity index (χ1) is 15.7. The van der Waals surface area contributed by atoms with Crippen molar-refractivity contribution in [2.45, 2.75) is 56.4 Å². The van der Waals surface area contributed by atoms with E-state index in [1.54, 1.807) is 0 Å². The molecule has 6 heteroatoms. The fraction of sp³-hybridized carbons (Fsp3) is 0.462. The van der Waals surface area contributed by atoms with Crippen LogP contribution < -0.4 is 0 Å². The molecule has 0 aromatic heterocycles. The number of ether oxygens (including phenoxy) is 4. The topological polar surface area (TPSA) is 71.1 Å². The van der Waals surface area contributed by atoms with Gasteiger partial charge < -0.3 is 18.9 Å². The molecular formula is C26H26O6. The minimum atomic E-state index is -0.502. The molecule has 3 heterocycles. The van der Waals surface area contributed by atoms with Crippen molar-refractivity contribution in [3.8, 4) is 0 Å². The van der Waals surface area contributed by atoms with Crippen LogP contribution >= 0.6 is 0 Å². The molecule has 0 unspecified atom stereocenters. The molecule has 3 aliphatic heterocycles. The summed E-state index contributed by atoms with van der Waals surface area (Å²) in [5.41, 5.74) is 1.98. The number of esters is 2. The lowest BCUT2D eigenvalue weighted by molar-refractivity contribution is -0.199. The summed E-state index contributed by atoms with van der Waals surface area (Å²) < 4.78 is 24.6. The number of hydrogen-bond donors (Lipinski definition) is 0. The van der Waals surface area contributed by atoms with Gasteiger partial charge in [0.15, 0.2) is 0 Å². The highest BCUT2D eigenvalue weighted by atomic mass is 16.6. The second-order valence-corrected chi connectivity index (χ2v) is 9.26. The standard InChI is InChI=1S/C26H26O6/c27-25-18-12-11-17(18)22(32-25)24(29-14-15-7-3-1-4-8-15)23-20-13-19(26(28)30-20)21(31-23)16-9-5-2-6-10-16/h1-10,17-24H,11-14H2/t17-,18+,19+,20-,21-,22-,23-,24-/m1/s1. The van der Waals surface area contributed by atoms with Crippen molar-refractivity contribution in [1.82, 2.24) is 0 Å². The number of fused-ring (bicyclic) bond motifs is 3. The van der Waals surface area contributed by atoms with Crippen LogP contribution in [0.4, 0.5) is 0 Å². The van der Waals surface area contributed by atoms with Crippen LogP contribution in [0.25, 0.3) is 0 Å². The Morgan fingerprint density at radius 3 is 2.25 bits per heavy atom. The molecule has 0 spiro atoms. The van der Waals surface area contributed by atoms with Gasteiger partial charge in [-0.2, -0.15) is 0 Å². The maximum atomic E-state index is 12.7. The summed E-state index contributed by atoms with van der Waals surface area (Å²) in [6.45, 7) is 0.372. The van der Waals surface area contributed by atoms with E-state index in [2.05, 4.69) is 0 Å². The van der Waals surface area contributed by atoms with Gasteiger partial charge in [-0.05, 0) is 24.0 Å². The minimum absolute atomic E-state index is 0.0461. The third-order valence-electron chi connectivity index (χ3n) is 7.46. The summed E-state index contributed by atoms with van der Waals surface area (Å²) in [6.07, 6.45) is 0.209. The van der Waals surface area contributed by atoms with Crippen LogP contribution in [0.1, 0.15) is 36.5 Å². The monoisotopic (exact) mass is 434 g/mol. The van der Waals surface area contributed by atoms with Crippen LogP contribution in [-0.2, 0) is 35.1 Å². The average Bonchev–Trinajstić information content (AvgIpc) is 3.22. The van der Waals surface area contributed by atoms with Crippen LogP contribution in [0.2, 0.25) is 0 Å². The van der Waals surface area contributed by atoms with Crippen molar-refractivity contribution in [2.24, 2.45) is 17.8 Å². The molecule has 0 amide bonds. The first-order valence-electron chi connectivity index (χ1n) is 11.5. The first kappa shape index (κ1) is 19.9. The highest BCUT2D eigenvalue weighted by Gasteiger charge is 2.59. The molecule has 32 heavy (non-hydrogen) atoms. The molecule has 1 aliphatic carbocycles. The summed E-state index contributed by atoms with van der Waals surface area (Å²) in [4.78, 5) is 25.1. The molecule has 2 aromatic carbocycles. The predicted octanol–water partition coefficient (Wildman–Crippen LogP) is 3.60. The molecule has 4 fully saturated rings. The van der Waals surface area contributed by atoms with Gasteiger partial charge in [-0.15, -0.1) is 0 Å². The Morgan fingerprint density at radius 1 is 0.844 bits per heavy atom. The van der Waals surface area contributed by atoms with E-state index in [-0.39, 0.29) is 35.8 Å². The average molecular weight is 434 g/mol. The van der Waals surface area contributed by atoms with Crippen molar-refractivity contribution in [3.05, 3.63) is 71.8 Å². The van der Waals surface area contributed by atoms with Crippen LogP contribution in [0.5, 0.6) is 0 Å². The fourth-order valence-electron chi connectivity index (χ4n) is 5.65. The molecule has 1 saturated carbocycles. The highest BCUT2D eigenvalue weighted by Crippen LogP contribution is 2.50. The van der Waals surface area contributed by atoms with E-state index in [0.717, 1.165) is 24.0 Å². The third-order valence-corrected chi connectivity index (χ3v) is 7.46. The molecule has 2 bridgehead atoms. The normalized spacial score (nSPS) is 36.1. The number of carbonyl (C=O) groups excluding carboxylic acids is 2. The van der Waals surface area contributed by atoms with Crippen molar-refractivity contribution in [3.63, 3.8) is 0 Å². The Kier molecular flexibility index (Phi) is 5.00. The van der Waals surface area contributed by atoms with Crippen molar-refractivity contribution in [1.29, 1.82) is 0 Å². The summed E-state index contributed by atoms with van der Waals surface area (Å²) in [6, 6.07) is 19.7. The van der Waals surface area contributed by atoms with Crippen LogP contribution in [0.3, 0.4) is 0 Å². The molecule has 0 radical (unpaired) electrons. The summed E-state index contributed by atoms with van der Waals surface area (Å²) >= 11 is 0. The number of benzene rings is 2. The van der Waals surface area contributed by atoms with Gasteiger partial charge in [0, 0.05) is 12.3 Å². The lowest BCUT2D eigenvalue weighted by Crippen LogP contribution is -2.52. The Morgan fingerprint density at radius 2 is 1.56 bits per heavy atom. The smallest absolute Gasteiger partial charge is 0.312 e. The maximum Gasteiger partial charge on any atom is 0.312 e. The lowest BCUT2D eigenvalue weighted by Gasteiger charge is -2.41. The number of hydrogen-bond acceptors (Lipinski definition) is 6. The number of carbonyl (C=O) groups is 2. The lowest BCUT2D eigenvalue weighted by atomic mass is 9.70. The molecule has 2 aromatic rings. The molecule has 0 N–H and O–H groups in total. The van der Waals surface area contributed by atoms with Gasteiger partial charge in [0.1, 0.15) is 24.4 Å². The second kappa shape index (κ2) is 8.01. The molecule has 8 atom stereocenters. The van der Waals surface area contributed by atoms with Crippen LogP contribution in [-0.4, -0.2) is 36.4 Å². The van der Waals surface area contributed by atoms with E-state index >= 15 is 0 Å². The van der Waals surface area contributed by atoms with Gasteiger partial charge >= 0.3 is 11.9 Å². The Balaban J connectivity index is 1.31. The van der Waals surface area contributed by atoms with E-state index in [1.807, 2.05) is 60.7 Å². The van der Waals surface area contributed by atoms with E-state index in [0.29, 0.717) is 13.0 Å². The highest BCUT2D eigenvalue weighted by molar-refractivity contribution is 5.77. The van der Waals surface area contributed by atoms with E-state index in [4.69, 9.17) is 18.9 Å². The first-order valence-corrected chi connectivity index (χ1v) is 11.5. The van der Waals surface area contributed by atoms with E-state index < -0.39 is 24.4 Å². The Labute approximate surface area is 186 Å². The van der Waals surface area contributed by atoms with E-state index in [9.17, 15) is 9.59 Å². The van der Waals surface area contributed by atoms with Gasteiger partial charge in [-0.3, -0.25) is 9.59 Å². The zero-order valence-corrected chi connectivity index (χ0v) is 17.7. The van der Waals surface area contributed by atoms with Gasteiger partial charge in [0.2, 0.25) is 0 Å². The Bertz CT molecular complexity index is 992. The van der Waals surface area contributed by atoms with E-state index in [1.165, 1.54) is 0 Å². The fourth-order valence-corrected chi connectivity index (χ4v) is 5.65. The van der Waals surface area contributed by atoms with Crippen molar-refractivity contribution in [2.75, 3.05) is 0 Å². The van der Waals surface area contributed by atoms with Crippen molar-refractivity contribution < 1.29 is 28.5 Å². The zero-order valence-electron chi connectivity index (χ0n) is 17.7. The summed E-state index contributed by atoms with van der Waals surface area (Å²) in [7, 11) is 0. The molecular weight excluding hydrogens is 408 g/mol. The van der Waals surface area contributed by atoms with Gasteiger partial charge in [0.05, 0.1) is 24.5 Å². The van der Waals surface area contributed by atoms with Crippen molar-refractivity contribution >= 4 is 11.9 Å². The van der Waals surface area contributed by atoms with Gasteiger partial charge in [0.25, 0.3) is 0 Å². The van der Waals surface area contributed by atoms with Crippen LogP contribution in [0.15, 0.2) is 60.7 Å². The molecule has 3 saturated heterocycles. The minimum Gasteiger partial charge on any atom is -0.459 e. The molecule has 6 nitrogen and oxygen atoms in total. The Hall–Kier alpha value is -2.70. The SMILES string of the molecule is O=C1O[C@@H]([C@@H](OCc2ccccc2)[C@@H]2O[C@H](c3ccccc3)[C@@H]3C[C@H]2OC3=O)[C@@H]2CC[C@H]12. The molecule has 4 aliphatic rings. The number of rotatable bonds is 6. The summed E-state index contributed by atoms with van der Waals surface area (Å²) in [5.74, 6) is -0.600. The van der Waals surface area contributed by atoms with Gasteiger partial charge in [-0.1, -0.05) is 60.7 Å². The largest absolute Gasteiger partial charge is 0.459 e. The summed E-state index contributed by atoms with van der Waals surface area (Å²) in [5, 5.41) is 0. The molecule has 6 rings (SSSR count). The maximum absolute atomic E-state index is 12.7. The van der Waals surface area contributed by atoms with Gasteiger partial charge in [-0.25, -0.2) is 0 Å². The quantitative estimate of drug-likeness (QED) is 0.647. The zero-order chi connectivity index (χ0) is 21.7. The molecule has 166 valence electrons. The predicted molar refractivity (Wildman–Crippen MR) is 113 cm³/mol. The van der Waals surface area contributed by atoms with Crippen LogP contribution in [0, 0.1) is 17.8 Å². The second-order valence-electron chi connectivity index (χ2n) is 9.26.